The lowest BCUT2D eigenvalue weighted by atomic mass is 9.90. The Morgan fingerprint density at radius 2 is 2.19 bits per heavy atom. The van der Waals surface area contributed by atoms with E-state index in [0.717, 1.165) is 13.1 Å². The van der Waals surface area contributed by atoms with Crippen molar-refractivity contribution in [3.63, 3.8) is 0 Å². The van der Waals surface area contributed by atoms with Gasteiger partial charge in [0, 0.05) is 0 Å². The van der Waals surface area contributed by atoms with Crippen molar-refractivity contribution < 1.29 is 19.1 Å². The predicted molar refractivity (Wildman–Crippen MR) is 56.0 cm³/mol. The van der Waals surface area contributed by atoms with Crippen LogP contribution in [0, 0.1) is 0 Å². The molecule has 0 aromatic carbocycles. The maximum atomic E-state index is 11.2. The highest BCUT2D eigenvalue weighted by Gasteiger charge is 2.34. The summed E-state index contributed by atoms with van der Waals surface area (Å²) in [6.07, 6.45) is 1.17. The van der Waals surface area contributed by atoms with E-state index >= 15 is 0 Å². The van der Waals surface area contributed by atoms with Crippen molar-refractivity contribution in [2.45, 2.75) is 18.4 Å². The van der Waals surface area contributed by atoms with Crippen LogP contribution in [0.4, 0.5) is 0 Å². The normalized spacial score (nSPS) is 19.4. The third-order valence-corrected chi connectivity index (χ3v) is 2.88. The molecule has 5 nitrogen and oxygen atoms in total. The van der Waals surface area contributed by atoms with Gasteiger partial charge < -0.3 is 19.6 Å². The van der Waals surface area contributed by atoms with Gasteiger partial charge in [-0.3, -0.25) is 0 Å². The summed E-state index contributed by atoms with van der Waals surface area (Å²) >= 11 is 0. The molecule has 1 aliphatic heterocycles. The largest absolute Gasteiger partial charge is 0.463 e. The molecule has 1 fully saturated rings. The lowest BCUT2D eigenvalue weighted by molar-refractivity contribution is -0.0148. The fourth-order valence-electron chi connectivity index (χ4n) is 1.89. The summed E-state index contributed by atoms with van der Waals surface area (Å²) in [5.74, 6) is 0.0441. The first-order valence-electron chi connectivity index (χ1n) is 5.27. The molecular weight excluding hydrogens is 210 g/mol. The third-order valence-electron chi connectivity index (χ3n) is 2.88. The number of piperidine rings is 1. The van der Waals surface area contributed by atoms with E-state index in [1.54, 1.807) is 6.07 Å². The van der Waals surface area contributed by atoms with Crippen LogP contribution in [-0.4, -0.2) is 31.3 Å². The van der Waals surface area contributed by atoms with E-state index in [0.29, 0.717) is 18.6 Å². The van der Waals surface area contributed by atoms with Crippen molar-refractivity contribution in [2.75, 3.05) is 20.2 Å². The Bertz CT molecular complexity index is 379. The Hall–Kier alpha value is -1.33. The van der Waals surface area contributed by atoms with Crippen molar-refractivity contribution in [3.8, 4) is 0 Å². The molecule has 0 radical (unpaired) electrons. The van der Waals surface area contributed by atoms with E-state index in [9.17, 15) is 9.90 Å². The van der Waals surface area contributed by atoms with Crippen LogP contribution in [-0.2, 0) is 10.3 Å². The van der Waals surface area contributed by atoms with Gasteiger partial charge in [0.05, 0.1) is 7.11 Å². The first kappa shape index (κ1) is 11.2. The van der Waals surface area contributed by atoms with Gasteiger partial charge in [0.1, 0.15) is 11.4 Å². The number of rotatable bonds is 2. The smallest absolute Gasteiger partial charge is 0.373 e. The molecule has 2 heterocycles. The van der Waals surface area contributed by atoms with Gasteiger partial charge in [0.25, 0.3) is 0 Å². The summed E-state index contributed by atoms with van der Waals surface area (Å²) in [6, 6.07) is 3.17. The van der Waals surface area contributed by atoms with E-state index < -0.39 is 11.6 Å². The second-order valence-electron chi connectivity index (χ2n) is 3.94. The number of esters is 1. The quantitative estimate of drug-likeness (QED) is 0.722. The summed E-state index contributed by atoms with van der Waals surface area (Å²) in [5, 5.41) is 13.5. The second-order valence-corrected chi connectivity index (χ2v) is 3.94. The van der Waals surface area contributed by atoms with Crippen molar-refractivity contribution in [2.24, 2.45) is 0 Å². The van der Waals surface area contributed by atoms with E-state index in [1.165, 1.54) is 13.2 Å². The zero-order valence-electron chi connectivity index (χ0n) is 9.16. The highest BCUT2D eigenvalue weighted by Crippen LogP contribution is 2.31. The zero-order valence-corrected chi connectivity index (χ0v) is 9.16. The summed E-state index contributed by atoms with van der Waals surface area (Å²) < 4.78 is 9.87. The number of furan rings is 1. The van der Waals surface area contributed by atoms with Gasteiger partial charge in [-0.1, -0.05) is 0 Å². The molecule has 1 aliphatic rings. The second kappa shape index (κ2) is 4.27. The van der Waals surface area contributed by atoms with Crippen LogP contribution in [0.25, 0.3) is 0 Å². The topological polar surface area (TPSA) is 71.7 Å². The lowest BCUT2D eigenvalue weighted by Crippen LogP contribution is -2.39. The summed E-state index contributed by atoms with van der Waals surface area (Å²) in [6.45, 7) is 1.48. The van der Waals surface area contributed by atoms with Crippen molar-refractivity contribution >= 4 is 5.97 Å². The van der Waals surface area contributed by atoms with E-state index in [1.807, 2.05) is 0 Å². The van der Waals surface area contributed by atoms with Crippen LogP contribution in [0.15, 0.2) is 16.5 Å². The Balaban J connectivity index is 2.20. The van der Waals surface area contributed by atoms with Gasteiger partial charge in [-0.05, 0) is 38.1 Å². The average Bonchev–Trinajstić information content (AvgIpc) is 2.79. The van der Waals surface area contributed by atoms with Gasteiger partial charge in [-0.25, -0.2) is 4.79 Å². The monoisotopic (exact) mass is 225 g/mol. The molecule has 0 atom stereocenters. The first-order valence-corrected chi connectivity index (χ1v) is 5.27. The minimum absolute atomic E-state index is 0.129. The number of ether oxygens (including phenoxy) is 1. The number of hydrogen-bond donors (Lipinski definition) is 2. The summed E-state index contributed by atoms with van der Waals surface area (Å²) in [4.78, 5) is 11.2. The molecule has 0 unspecified atom stereocenters. The van der Waals surface area contributed by atoms with Crippen LogP contribution in [0.3, 0.4) is 0 Å². The molecule has 0 amide bonds. The Morgan fingerprint density at radius 3 is 2.81 bits per heavy atom. The molecule has 1 aromatic rings. The number of carbonyl (C=O) groups is 1. The first-order chi connectivity index (χ1) is 7.65. The lowest BCUT2D eigenvalue weighted by Gasteiger charge is -2.30. The summed E-state index contributed by atoms with van der Waals surface area (Å²) in [5.41, 5.74) is -0.961. The molecular formula is C11H15NO4. The molecule has 2 rings (SSSR count). The van der Waals surface area contributed by atoms with Gasteiger partial charge in [-0.15, -0.1) is 0 Å². The maximum absolute atomic E-state index is 11.2. The van der Waals surface area contributed by atoms with Crippen LogP contribution >= 0.6 is 0 Å². The van der Waals surface area contributed by atoms with Crippen molar-refractivity contribution in [3.05, 3.63) is 23.7 Å². The highest BCUT2D eigenvalue weighted by molar-refractivity contribution is 5.86. The molecule has 5 heteroatoms. The zero-order chi connectivity index (χ0) is 11.6. The minimum atomic E-state index is -0.961. The molecule has 0 bridgehead atoms. The van der Waals surface area contributed by atoms with Gasteiger partial charge in [0.2, 0.25) is 5.76 Å². The van der Waals surface area contributed by atoms with Crippen molar-refractivity contribution in [1.82, 2.24) is 5.32 Å². The fourth-order valence-corrected chi connectivity index (χ4v) is 1.89. The van der Waals surface area contributed by atoms with E-state index in [2.05, 4.69) is 10.1 Å². The SMILES string of the molecule is COC(=O)c1ccc(C2(O)CCNCC2)o1. The van der Waals surface area contributed by atoms with Gasteiger partial charge in [0.15, 0.2) is 0 Å². The van der Waals surface area contributed by atoms with E-state index in [-0.39, 0.29) is 5.76 Å². The summed E-state index contributed by atoms with van der Waals surface area (Å²) in [7, 11) is 1.30. The van der Waals surface area contributed by atoms with Crippen LogP contribution < -0.4 is 5.32 Å². The Labute approximate surface area is 93.4 Å². The number of hydrogen-bond acceptors (Lipinski definition) is 5. The fraction of sp³-hybridized carbons (Fsp3) is 0.545. The van der Waals surface area contributed by atoms with Gasteiger partial charge >= 0.3 is 5.97 Å². The van der Waals surface area contributed by atoms with Crippen LogP contribution in [0.1, 0.15) is 29.2 Å². The molecule has 0 spiro atoms. The number of carbonyl (C=O) groups excluding carboxylic acids is 1. The average molecular weight is 225 g/mol. The van der Waals surface area contributed by atoms with Crippen molar-refractivity contribution in [1.29, 1.82) is 0 Å². The van der Waals surface area contributed by atoms with Crippen LogP contribution in [0.2, 0.25) is 0 Å². The molecule has 88 valence electrons. The van der Waals surface area contributed by atoms with Gasteiger partial charge in [-0.2, -0.15) is 0 Å². The number of methoxy groups -OCH3 is 1. The molecule has 1 saturated heterocycles. The Kier molecular flexibility index (Phi) is 2.98. The van der Waals surface area contributed by atoms with E-state index in [4.69, 9.17) is 4.42 Å². The molecule has 0 saturated carbocycles. The molecule has 2 N–H and O–H groups in total. The molecule has 0 aliphatic carbocycles. The standard InChI is InChI=1S/C11H15NO4/c1-15-10(13)8-2-3-9(16-8)11(14)4-6-12-7-5-11/h2-3,12,14H,4-7H2,1H3. The number of aliphatic hydroxyl groups is 1. The third kappa shape index (κ3) is 1.96. The predicted octanol–water partition coefficient (Wildman–Crippen LogP) is 0.637. The molecule has 16 heavy (non-hydrogen) atoms. The maximum Gasteiger partial charge on any atom is 0.373 e. The minimum Gasteiger partial charge on any atom is -0.463 e. The molecule has 1 aromatic heterocycles. The number of nitrogens with one attached hydrogen (secondary N) is 1. The highest BCUT2D eigenvalue weighted by atomic mass is 16.5. The van der Waals surface area contributed by atoms with Crippen LogP contribution in [0.5, 0.6) is 0 Å². The Morgan fingerprint density at radius 1 is 1.50 bits per heavy atom.